The lowest BCUT2D eigenvalue weighted by Crippen LogP contribution is -2.41. The number of benzene rings is 1. The van der Waals surface area contributed by atoms with E-state index in [4.69, 9.17) is 9.47 Å². The molecule has 1 fully saturated rings. The first kappa shape index (κ1) is 19.8. The van der Waals surface area contributed by atoms with Crippen molar-refractivity contribution >= 4 is 29.9 Å². The van der Waals surface area contributed by atoms with Crippen molar-refractivity contribution in [1.82, 2.24) is 20.4 Å². The molecule has 2 aliphatic rings. The first-order valence-electron chi connectivity index (χ1n) is 9.11. The van der Waals surface area contributed by atoms with Gasteiger partial charge in [0.1, 0.15) is 0 Å². The second kappa shape index (κ2) is 8.81. The highest BCUT2D eigenvalue weighted by Crippen LogP contribution is 2.49. The van der Waals surface area contributed by atoms with E-state index in [2.05, 4.69) is 32.9 Å². The van der Waals surface area contributed by atoms with E-state index in [1.165, 1.54) is 18.4 Å². The highest BCUT2D eigenvalue weighted by molar-refractivity contribution is 14.0. The van der Waals surface area contributed by atoms with Gasteiger partial charge in [0, 0.05) is 44.5 Å². The molecule has 0 atom stereocenters. The number of rotatable bonds is 7. The van der Waals surface area contributed by atoms with Crippen molar-refractivity contribution in [3.8, 4) is 11.5 Å². The molecule has 2 heterocycles. The lowest BCUT2D eigenvalue weighted by atomic mass is 9.95. The quantitative estimate of drug-likeness (QED) is 0.274. The molecule has 27 heavy (non-hydrogen) atoms. The van der Waals surface area contributed by atoms with Crippen LogP contribution in [-0.2, 0) is 12.0 Å². The van der Waals surface area contributed by atoms with E-state index < -0.39 is 0 Å². The first-order chi connectivity index (χ1) is 12.8. The number of aryl methyl sites for hydroxylation is 1. The van der Waals surface area contributed by atoms with E-state index in [1.807, 2.05) is 30.1 Å². The van der Waals surface area contributed by atoms with Crippen LogP contribution in [0.4, 0.5) is 0 Å². The number of hydrogen-bond acceptors (Lipinski definition) is 4. The minimum Gasteiger partial charge on any atom is -0.454 e. The summed E-state index contributed by atoms with van der Waals surface area (Å²) in [6.07, 6.45) is 7.13. The molecule has 0 radical (unpaired) electrons. The Hall–Kier alpha value is -1.97. The normalized spacial score (nSPS) is 16.6. The van der Waals surface area contributed by atoms with Crippen molar-refractivity contribution in [2.75, 3.05) is 26.9 Å². The van der Waals surface area contributed by atoms with Crippen LogP contribution in [0.15, 0.2) is 41.7 Å². The van der Waals surface area contributed by atoms with Crippen molar-refractivity contribution in [1.29, 1.82) is 0 Å². The third-order valence-electron chi connectivity index (χ3n) is 5.07. The minimum absolute atomic E-state index is 0. The molecule has 2 aromatic rings. The van der Waals surface area contributed by atoms with Crippen LogP contribution in [0.25, 0.3) is 0 Å². The Bertz CT molecular complexity index is 774. The zero-order valence-electron chi connectivity index (χ0n) is 15.5. The van der Waals surface area contributed by atoms with Crippen LogP contribution in [0.1, 0.15) is 24.8 Å². The average Bonchev–Trinajstić information content (AvgIpc) is 3.08. The molecule has 1 aromatic carbocycles. The molecule has 0 bridgehead atoms. The van der Waals surface area contributed by atoms with Gasteiger partial charge in [0.2, 0.25) is 6.79 Å². The molecule has 1 saturated carbocycles. The maximum Gasteiger partial charge on any atom is 0.231 e. The summed E-state index contributed by atoms with van der Waals surface area (Å²) >= 11 is 0. The minimum atomic E-state index is 0. The molecule has 1 aliphatic carbocycles. The summed E-state index contributed by atoms with van der Waals surface area (Å²) in [6.45, 7) is 2.94. The van der Waals surface area contributed by atoms with Gasteiger partial charge >= 0.3 is 0 Å². The molecule has 7 nitrogen and oxygen atoms in total. The van der Waals surface area contributed by atoms with Gasteiger partial charge in [-0.05, 0) is 43.0 Å². The molecule has 146 valence electrons. The van der Waals surface area contributed by atoms with E-state index >= 15 is 0 Å². The lowest BCUT2D eigenvalue weighted by Gasteiger charge is -2.19. The van der Waals surface area contributed by atoms with Crippen LogP contribution >= 0.6 is 24.0 Å². The first-order valence-corrected chi connectivity index (χ1v) is 9.11. The van der Waals surface area contributed by atoms with Crippen LogP contribution in [0.5, 0.6) is 11.5 Å². The van der Waals surface area contributed by atoms with Gasteiger partial charge in [-0.2, -0.15) is 5.10 Å². The van der Waals surface area contributed by atoms with Crippen molar-refractivity contribution in [3.63, 3.8) is 0 Å². The Labute approximate surface area is 176 Å². The summed E-state index contributed by atoms with van der Waals surface area (Å²) < 4.78 is 12.9. The summed E-state index contributed by atoms with van der Waals surface area (Å²) in [7, 11) is 1.81. The number of aliphatic imine (C=N–C) groups is 1. The van der Waals surface area contributed by atoms with Gasteiger partial charge in [0.05, 0.1) is 0 Å². The predicted octanol–water partition coefficient (Wildman–Crippen LogP) is 2.52. The van der Waals surface area contributed by atoms with Crippen molar-refractivity contribution in [2.45, 2.75) is 31.2 Å². The number of aromatic nitrogens is 2. The highest BCUT2D eigenvalue weighted by atomic mass is 127. The van der Waals surface area contributed by atoms with Gasteiger partial charge in [0.25, 0.3) is 0 Å². The predicted molar refractivity (Wildman–Crippen MR) is 115 cm³/mol. The molecule has 4 rings (SSSR count). The van der Waals surface area contributed by atoms with Crippen LogP contribution in [0.3, 0.4) is 0 Å². The number of hydrogen-bond donors (Lipinski definition) is 2. The molecule has 2 N–H and O–H groups in total. The van der Waals surface area contributed by atoms with Crippen LogP contribution in [0, 0.1) is 0 Å². The van der Waals surface area contributed by atoms with E-state index in [0.717, 1.165) is 43.5 Å². The SMILES string of the molecule is CN=C(NCCCn1cccn1)NCC1(c2ccc3c(c2)OCO3)CC1.I. The third kappa shape index (κ3) is 4.66. The number of ether oxygens (including phenoxy) is 2. The van der Waals surface area contributed by atoms with Crippen LogP contribution < -0.4 is 20.1 Å². The smallest absolute Gasteiger partial charge is 0.231 e. The van der Waals surface area contributed by atoms with Gasteiger partial charge in [-0.15, -0.1) is 24.0 Å². The number of nitrogens with one attached hydrogen (secondary N) is 2. The fourth-order valence-electron chi connectivity index (χ4n) is 3.30. The van der Waals surface area contributed by atoms with Gasteiger partial charge in [-0.25, -0.2) is 0 Å². The Morgan fingerprint density at radius 3 is 2.85 bits per heavy atom. The highest BCUT2D eigenvalue weighted by Gasteiger charge is 2.44. The third-order valence-corrected chi connectivity index (χ3v) is 5.07. The summed E-state index contributed by atoms with van der Waals surface area (Å²) in [6, 6.07) is 8.24. The monoisotopic (exact) mass is 483 g/mol. The van der Waals surface area contributed by atoms with Crippen LogP contribution in [0.2, 0.25) is 0 Å². The Morgan fingerprint density at radius 2 is 2.11 bits per heavy atom. The second-order valence-corrected chi connectivity index (χ2v) is 6.82. The summed E-state index contributed by atoms with van der Waals surface area (Å²) in [4.78, 5) is 4.33. The summed E-state index contributed by atoms with van der Waals surface area (Å²) in [5.41, 5.74) is 1.48. The topological polar surface area (TPSA) is 72.7 Å². The largest absolute Gasteiger partial charge is 0.454 e. The number of nitrogens with zero attached hydrogens (tertiary/aromatic N) is 3. The van der Waals surface area contributed by atoms with E-state index in [0.29, 0.717) is 6.79 Å². The Balaban J connectivity index is 0.00000210. The van der Waals surface area contributed by atoms with Crippen molar-refractivity contribution in [3.05, 3.63) is 42.2 Å². The zero-order chi connectivity index (χ0) is 17.8. The Kier molecular flexibility index (Phi) is 6.46. The fraction of sp³-hybridized carbons (Fsp3) is 0.474. The maximum atomic E-state index is 5.52. The zero-order valence-corrected chi connectivity index (χ0v) is 17.8. The van der Waals surface area contributed by atoms with Gasteiger partial charge in [0.15, 0.2) is 17.5 Å². The second-order valence-electron chi connectivity index (χ2n) is 6.82. The van der Waals surface area contributed by atoms with Gasteiger partial charge in [-0.3, -0.25) is 9.67 Å². The number of guanidine groups is 1. The summed E-state index contributed by atoms with van der Waals surface area (Å²) in [5.74, 6) is 2.54. The Morgan fingerprint density at radius 1 is 1.26 bits per heavy atom. The van der Waals surface area contributed by atoms with Crippen molar-refractivity contribution < 1.29 is 9.47 Å². The average molecular weight is 483 g/mol. The van der Waals surface area contributed by atoms with E-state index in [1.54, 1.807) is 6.20 Å². The van der Waals surface area contributed by atoms with E-state index in [9.17, 15) is 0 Å². The van der Waals surface area contributed by atoms with Gasteiger partial charge < -0.3 is 20.1 Å². The van der Waals surface area contributed by atoms with E-state index in [-0.39, 0.29) is 29.4 Å². The summed E-state index contributed by atoms with van der Waals surface area (Å²) in [5, 5.41) is 11.1. The number of halogens is 1. The molecule has 0 amide bonds. The number of fused-ring (bicyclic) bond motifs is 1. The molecule has 0 unspecified atom stereocenters. The molecule has 1 aliphatic heterocycles. The molecule has 0 spiro atoms. The van der Waals surface area contributed by atoms with Crippen LogP contribution in [-0.4, -0.2) is 42.7 Å². The van der Waals surface area contributed by atoms with Gasteiger partial charge in [-0.1, -0.05) is 6.07 Å². The molecule has 0 saturated heterocycles. The fourth-order valence-corrected chi connectivity index (χ4v) is 3.30. The lowest BCUT2D eigenvalue weighted by molar-refractivity contribution is 0.174. The molecule has 1 aromatic heterocycles. The van der Waals surface area contributed by atoms with Crippen molar-refractivity contribution in [2.24, 2.45) is 4.99 Å². The standard InChI is InChI=1S/C19H25N5O2.HI/c1-20-18(21-8-2-10-24-11-3-9-23-24)22-13-19(6-7-19)15-4-5-16-17(12-15)26-14-25-16;/h3-5,9,11-12H,2,6-8,10,13-14H2,1H3,(H2,20,21,22);1H. The molecular formula is C19H26IN5O2. The molecule has 8 heteroatoms. The maximum absolute atomic E-state index is 5.52. The molecular weight excluding hydrogens is 457 g/mol.